The highest BCUT2D eigenvalue weighted by Gasteiger charge is 2.15. The monoisotopic (exact) mass is 448 g/mol. The summed E-state index contributed by atoms with van der Waals surface area (Å²) in [5, 5.41) is 5.57. The molecule has 0 bridgehead atoms. The van der Waals surface area contributed by atoms with E-state index in [1.807, 2.05) is 55.5 Å². The molecule has 0 spiro atoms. The van der Waals surface area contributed by atoms with Gasteiger partial charge in [0.2, 0.25) is 5.91 Å². The molecule has 0 aliphatic heterocycles. The van der Waals surface area contributed by atoms with Crippen LogP contribution >= 0.6 is 11.8 Å². The van der Waals surface area contributed by atoms with Crippen molar-refractivity contribution in [3.8, 4) is 5.75 Å². The second-order valence-electron chi connectivity index (χ2n) is 7.74. The van der Waals surface area contributed by atoms with Gasteiger partial charge in [0.05, 0.1) is 12.4 Å². The summed E-state index contributed by atoms with van der Waals surface area (Å²) >= 11 is 1.47. The van der Waals surface area contributed by atoms with Crippen LogP contribution in [0.4, 0.5) is 11.4 Å². The quantitative estimate of drug-likeness (QED) is 0.403. The van der Waals surface area contributed by atoms with Crippen molar-refractivity contribution in [3.63, 3.8) is 0 Å². The van der Waals surface area contributed by atoms with Crippen molar-refractivity contribution in [3.05, 3.63) is 83.9 Å². The van der Waals surface area contributed by atoms with Crippen LogP contribution in [-0.2, 0) is 4.79 Å². The Morgan fingerprint density at radius 1 is 0.844 bits per heavy atom. The molecule has 5 nitrogen and oxygen atoms in total. The molecule has 2 N–H and O–H groups in total. The van der Waals surface area contributed by atoms with Crippen LogP contribution in [0.5, 0.6) is 5.75 Å². The van der Waals surface area contributed by atoms with Crippen LogP contribution in [0.15, 0.2) is 77.7 Å². The number of methoxy groups -OCH3 is 1. The van der Waals surface area contributed by atoms with Crippen LogP contribution in [0.1, 0.15) is 42.6 Å². The average Bonchev–Trinajstić information content (AvgIpc) is 2.80. The number of hydrogen-bond donors (Lipinski definition) is 2. The summed E-state index contributed by atoms with van der Waals surface area (Å²) in [5.74, 6) is 0.827. The van der Waals surface area contributed by atoms with Crippen LogP contribution in [0.2, 0.25) is 0 Å². The molecule has 3 aromatic rings. The highest BCUT2D eigenvalue weighted by molar-refractivity contribution is 8.00. The number of anilines is 2. The van der Waals surface area contributed by atoms with E-state index in [2.05, 4.69) is 24.5 Å². The molecule has 32 heavy (non-hydrogen) atoms. The van der Waals surface area contributed by atoms with Crippen molar-refractivity contribution in [2.45, 2.75) is 36.8 Å². The predicted molar refractivity (Wildman–Crippen MR) is 132 cm³/mol. The van der Waals surface area contributed by atoms with Gasteiger partial charge in [0.1, 0.15) is 5.75 Å². The second-order valence-corrected chi connectivity index (χ2v) is 9.15. The SMILES string of the molecule is COc1cccc(C(=O)Nc2ccc(SC(C)C(=O)Nc3ccc(C(C)C)cc3)cc2)c1. The number of benzene rings is 3. The standard InChI is InChI=1S/C26H28N2O3S/c1-17(2)19-8-10-21(11-9-19)27-25(29)18(3)32-24-14-12-22(13-15-24)28-26(30)20-6-5-7-23(16-20)31-4/h5-18H,1-4H3,(H,27,29)(H,28,30). The molecule has 0 aliphatic rings. The third-order valence-corrected chi connectivity index (χ3v) is 6.08. The number of carbonyl (C=O) groups excluding carboxylic acids is 2. The summed E-state index contributed by atoms with van der Waals surface area (Å²) in [6, 6.07) is 22.4. The van der Waals surface area contributed by atoms with Gasteiger partial charge in [0.25, 0.3) is 5.91 Å². The Bertz CT molecular complexity index is 1060. The lowest BCUT2D eigenvalue weighted by atomic mass is 10.0. The van der Waals surface area contributed by atoms with Crippen LogP contribution in [0, 0.1) is 0 Å². The molecule has 0 heterocycles. The molecular weight excluding hydrogens is 420 g/mol. The number of hydrogen-bond acceptors (Lipinski definition) is 4. The Labute approximate surface area is 193 Å². The van der Waals surface area contributed by atoms with E-state index >= 15 is 0 Å². The largest absolute Gasteiger partial charge is 0.497 e. The van der Waals surface area contributed by atoms with Crippen LogP contribution in [0.25, 0.3) is 0 Å². The van der Waals surface area contributed by atoms with E-state index in [1.54, 1.807) is 31.4 Å². The van der Waals surface area contributed by atoms with Gasteiger partial charge in [-0.1, -0.05) is 32.0 Å². The lowest BCUT2D eigenvalue weighted by Gasteiger charge is -2.13. The zero-order valence-corrected chi connectivity index (χ0v) is 19.5. The number of rotatable bonds is 8. The summed E-state index contributed by atoms with van der Waals surface area (Å²) in [5.41, 5.74) is 3.24. The highest BCUT2D eigenvalue weighted by atomic mass is 32.2. The maximum absolute atomic E-state index is 12.6. The van der Waals surface area contributed by atoms with Crippen LogP contribution in [-0.4, -0.2) is 24.2 Å². The first-order valence-electron chi connectivity index (χ1n) is 10.5. The van der Waals surface area contributed by atoms with E-state index in [0.29, 0.717) is 22.9 Å². The molecule has 3 aromatic carbocycles. The van der Waals surface area contributed by atoms with Crippen LogP contribution < -0.4 is 15.4 Å². The highest BCUT2D eigenvalue weighted by Crippen LogP contribution is 2.26. The second kappa shape index (κ2) is 10.9. The minimum atomic E-state index is -0.267. The maximum Gasteiger partial charge on any atom is 0.255 e. The van der Waals surface area contributed by atoms with Gasteiger partial charge in [-0.3, -0.25) is 9.59 Å². The topological polar surface area (TPSA) is 67.4 Å². The van der Waals surface area contributed by atoms with Gasteiger partial charge in [0, 0.05) is 21.8 Å². The van der Waals surface area contributed by atoms with E-state index in [9.17, 15) is 9.59 Å². The van der Waals surface area contributed by atoms with Crippen molar-refractivity contribution < 1.29 is 14.3 Å². The van der Waals surface area contributed by atoms with Crippen molar-refractivity contribution in [1.82, 2.24) is 0 Å². The molecule has 166 valence electrons. The summed E-state index contributed by atoms with van der Waals surface area (Å²) in [4.78, 5) is 25.9. The number of carbonyl (C=O) groups is 2. The first-order valence-corrected chi connectivity index (χ1v) is 11.4. The Morgan fingerprint density at radius 3 is 2.09 bits per heavy atom. The summed E-state index contributed by atoms with van der Waals surface area (Å²) in [6.07, 6.45) is 0. The van der Waals surface area contributed by atoms with Gasteiger partial charge in [-0.25, -0.2) is 0 Å². The van der Waals surface area contributed by atoms with Gasteiger partial charge in [0.15, 0.2) is 0 Å². The first-order chi connectivity index (χ1) is 15.4. The summed E-state index contributed by atoms with van der Waals surface area (Å²) in [6.45, 7) is 6.16. The minimum absolute atomic E-state index is 0.0531. The number of ether oxygens (including phenoxy) is 1. The molecule has 1 atom stereocenters. The molecule has 0 saturated heterocycles. The Hall–Kier alpha value is -3.25. The Balaban J connectivity index is 1.55. The van der Waals surface area contributed by atoms with Crippen molar-refractivity contribution >= 4 is 35.0 Å². The van der Waals surface area contributed by atoms with Crippen molar-refractivity contribution in [1.29, 1.82) is 0 Å². The van der Waals surface area contributed by atoms with E-state index in [4.69, 9.17) is 4.74 Å². The van der Waals surface area contributed by atoms with Gasteiger partial charge < -0.3 is 15.4 Å². The smallest absolute Gasteiger partial charge is 0.255 e. The fourth-order valence-electron chi connectivity index (χ4n) is 3.04. The van der Waals surface area contributed by atoms with Gasteiger partial charge in [-0.05, 0) is 73.0 Å². The zero-order chi connectivity index (χ0) is 23.1. The van der Waals surface area contributed by atoms with Gasteiger partial charge in [-0.15, -0.1) is 11.8 Å². The van der Waals surface area contributed by atoms with Crippen molar-refractivity contribution in [2.24, 2.45) is 0 Å². The normalized spacial score (nSPS) is 11.7. The fraction of sp³-hybridized carbons (Fsp3) is 0.231. The van der Waals surface area contributed by atoms with E-state index in [0.717, 1.165) is 10.6 Å². The summed E-state index contributed by atoms with van der Waals surface area (Å²) in [7, 11) is 1.57. The van der Waals surface area contributed by atoms with Crippen LogP contribution in [0.3, 0.4) is 0 Å². The average molecular weight is 449 g/mol. The zero-order valence-electron chi connectivity index (χ0n) is 18.7. The molecule has 2 amide bonds. The molecule has 1 unspecified atom stereocenters. The molecule has 0 aromatic heterocycles. The van der Waals surface area contributed by atoms with Crippen molar-refractivity contribution in [2.75, 3.05) is 17.7 Å². The maximum atomic E-state index is 12.6. The lowest BCUT2D eigenvalue weighted by Crippen LogP contribution is -2.22. The number of amides is 2. The molecule has 0 radical (unpaired) electrons. The van der Waals surface area contributed by atoms with E-state index < -0.39 is 0 Å². The lowest BCUT2D eigenvalue weighted by molar-refractivity contribution is -0.115. The van der Waals surface area contributed by atoms with E-state index in [1.165, 1.54) is 17.3 Å². The molecular formula is C26H28N2O3S. The third kappa shape index (κ3) is 6.37. The van der Waals surface area contributed by atoms with E-state index in [-0.39, 0.29) is 17.1 Å². The third-order valence-electron chi connectivity index (χ3n) is 4.97. The molecule has 3 rings (SSSR count). The Kier molecular flexibility index (Phi) is 7.95. The first kappa shape index (κ1) is 23.4. The Morgan fingerprint density at radius 2 is 1.47 bits per heavy atom. The molecule has 0 saturated carbocycles. The number of thioether (sulfide) groups is 1. The molecule has 0 aliphatic carbocycles. The van der Waals surface area contributed by atoms with Gasteiger partial charge >= 0.3 is 0 Å². The molecule has 6 heteroatoms. The predicted octanol–water partition coefficient (Wildman–Crippen LogP) is 6.19. The molecule has 0 fully saturated rings. The van der Waals surface area contributed by atoms with Gasteiger partial charge in [-0.2, -0.15) is 0 Å². The number of nitrogens with one attached hydrogen (secondary N) is 2. The fourth-order valence-corrected chi connectivity index (χ4v) is 3.90. The summed E-state index contributed by atoms with van der Waals surface area (Å²) < 4.78 is 5.16. The minimum Gasteiger partial charge on any atom is -0.497 e.